The largest absolute Gasteiger partial charge is 0.123 e. The Bertz CT molecular complexity index is 114. The molecule has 1 saturated carbocycles. The molecule has 0 aromatic carbocycles. The fourth-order valence-corrected chi connectivity index (χ4v) is 2.75. The molecule has 1 unspecified atom stereocenters. The molecule has 0 aromatic heterocycles. The first kappa shape index (κ1) is 10.4. The zero-order chi connectivity index (χ0) is 8.97. The van der Waals surface area contributed by atoms with Crippen LogP contribution in [0.4, 0.5) is 0 Å². The van der Waals surface area contributed by atoms with Crippen molar-refractivity contribution in [1.29, 1.82) is 0 Å². The molecular formula is C11H21Cl. The first-order valence-electron chi connectivity index (χ1n) is 5.34. The molecule has 0 aromatic rings. The quantitative estimate of drug-likeness (QED) is 0.582. The first-order chi connectivity index (χ1) is 5.70. The van der Waals surface area contributed by atoms with Crippen molar-refractivity contribution >= 4 is 11.6 Å². The second-order valence-electron chi connectivity index (χ2n) is 4.54. The summed E-state index contributed by atoms with van der Waals surface area (Å²) >= 11 is 6.35. The molecule has 1 fully saturated rings. The average molecular weight is 189 g/mol. The standard InChI is InChI=1S/C11H21Cl/c1-9(2)8-11(12)10-6-4-3-5-7-10/h9-11H,3-8H2,1-2H3. The van der Waals surface area contributed by atoms with Crippen LogP contribution < -0.4 is 0 Å². The molecule has 0 bridgehead atoms. The van der Waals surface area contributed by atoms with E-state index >= 15 is 0 Å². The first-order valence-corrected chi connectivity index (χ1v) is 5.78. The van der Waals surface area contributed by atoms with Crippen molar-refractivity contribution in [2.75, 3.05) is 0 Å². The van der Waals surface area contributed by atoms with Crippen LogP contribution in [0.15, 0.2) is 0 Å². The molecule has 0 heterocycles. The Hall–Kier alpha value is 0.290. The van der Waals surface area contributed by atoms with Crippen molar-refractivity contribution in [3.63, 3.8) is 0 Å². The van der Waals surface area contributed by atoms with Crippen LogP contribution in [0.25, 0.3) is 0 Å². The van der Waals surface area contributed by atoms with Crippen molar-refractivity contribution < 1.29 is 0 Å². The highest BCUT2D eigenvalue weighted by Crippen LogP contribution is 2.31. The predicted molar refractivity (Wildman–Crippen MR) is 55.7 cm³/mol. The van der Waals surface area contributed by atoms with E-state index in [1.807, 2.05) is 0 Å². The molecule has 0 radical (unpaired) electrons. The van der Waals surface area contributed by atoms with Crippen molar-refractivity contribution in [1.82, 2.24) is 0 Å². The van der Waals surface area contributed by atoms with Crippen molar-refractivity contribution in [3.8, 4) is 0 Å². The van der Waals surface area contributed by atoms with E-state index in [-0.39, 0.29) is 0 Å². The Morgan fingerprint density at radius 3 is 2.25 bits per heavy atom. The third-order valence-corrected chi connectivity index (χ3v) is 3.39. The van der Waals surface area contributed by atoms with Gasteiger partial charge in [0.2, 0.25) is 0 Å². The van der Waals surface area contributed by atoms with Gasteiger partial charge in [0.25, 0.3) is 0 Å². The zero-order valence-electron chi connectivity index (χ0n) is 8.35. The summed E-state index contributed by atoms with van der Waals surface area (Å²) in [6, 6.07) is 0. The van der Waals surface area contributed by atoms with Crippen LogP contribution in [0.3, 0.4) is 0 Å². The Labute approximate surface area is 81.7 Å². The highest BCUT2D eigenvalue weighted by Gasteiger charge is 2.21. The molecule has 0 aliphatic heterocycles. The van der Waals surface area contributed by atoms with Gasteiger partial charge in [-0.1, -0.05) is 33.1 Å². The lowest BCUT2D eigenvalue weighted by molar-refractivity contribution is 0.323. The van der Waals surface area contributed by atoms with E-state index in [1.165, 1.54) is 38.5 Å². The molecule has 0 amide bonds. The zero-order valence-corrected chi connectivity index (χ0v) is 9.11. The van der Waals surface area contributed by atoms with Crippen LogP contribution in [0, 0.1) is 11.8 Å². The molecular weight excluding hydrogens is 168 g/mol. The maximum absolute atomic E-state index is 6.35. The Kier molecular flexibility index (Phi) is 4.42. The Morgan fingerprint density at radius 2 is 1.75 bits per heavy atom. The summed E-state index contributed by atoms with van der Waals surface area (Å²) < 4.78 is 0. The van der Waals surface area contributed by atoms with Gasteiger partial charge in [-0.2, -0.15) is 0 Å². The average Bonchev–Trinajstić information content (AvgIpc) is 2.05. The Balaban J connectivity index is 2.24. The maximum atomic E-state index is 6.35. The van der Waals surface area contributed by atoms with Crippen molar-refractivity contribution in [2.45, 2.75) is 57.7 Å². The lowest BCUT2D eigenvalue weighted by Gasteiger charge is -2.26. The highest BCUT2D eigenvalue weighted by molar-refractivity contribution is 6.20. The smallest absolute Gasteiger partial charge is 0.0366 e. The third kappa shape index (κ3) is 3.35. The number of hydrogen-bond acceptors (Lipinski definition) is 0. The molecule has 1 aliphatic carbocycles. The summed E-state index contributed by atoms with van der Waals surface area (Å²) in [6.07, 6.45) is 8.20. The van der Waals surface area contributed by atoms with Gasteiger partial charge in [0, 0.05) is 5.38 Å². The second-order valence-corrected chi connectivity index (χ2v) is 5.10. The number of alkyl halides is 1. The number of rotatable bonds is 3. The monoisotopic (exact) mass is 188 g/mol. The van der Waals surface area contributed by atoms with Gasteiger partial charge in [-0.25, -0.2) is 0 Å². The van der Waals surface area contributed by atoms with E-state index in [2.05, 4.69) is 13.8 Å². The van der Waals surface area contributed by atoms with Gasteiger partial charge in [-0.3, -0.25) is 0 Å². The molecule has 0 nitrogen and oxygen atoms in total. The summed E-state index contributed by atoms with van der Waals surface area (Å²) in [5, 5.41) is 0.449. The van der Waals surface area contributed by atoms with Crippen LogP contribution in [0.5, 0.6) is 0 Å². The van der Waals surface area contributed by atoms with Crippen LogP contribution in [0.2, 0.25) is 0 Å². The van der Waals surface area contributed by atoms with Gasteiger partial charge in [0.05, 0.1) is 0 Å². The summed E-state index contributed by atoms with van der Waals surface area (Å²) in [4.78, 5) is 0. The third-order valence-electron chi connectivity index (χ3n) is 2.86. The summed E-state index contributed by atoms with van der Waals surface area (Å²) in [5.41, 5.74) is 0. The predicted octanol–water partition coefficient (Wildman–Crippen LogP) is 4.22. The van der Waals surface area contributed by atoms with Crippen LogP contribution >= 0.6 is 11.6 Å². The van der Waals surface area contributed by atoms with Crippen molar-refractivity contribution in [2.24, 2.45) is 11.8 Å². The van der Waals surface area contributed by atoms with E-state index in [0.717, 1.165) is 11.8 Å². The summed E-state index contributed by atoms with van der Waals surface area (Å²) in [7, 11) is 0. The minimum atomic E-state index is 0.449. The van der Waals surface area contributed by atoms with Gasteiger partial charge < -0.3 is 0 Å². The van der Waals surface area contributed by atoms with Crippen LogP contribution in [-0.4, -0.2) is 5.38 Å². The molecule has 0 N–H and O–H groups in total. The van der Waals surface area contributed by atoms with Crippen LogP contribution in [-0.2, 0) is 0 Å². The SMILES string of the molecule is CC(C)CC(Cl)C1CCCCC1. The molecule has 12 heavy (non-hydrogen) atoms. The molecule has 1 rings (SSSR count). The molecule has 72 valence electrons. The molecule has 1 aliphatic rings. The normalized spacial score (nSPS) is 23.0. The lowest BCUT2D eigenvalue weighted by Crippen LogP contribution is -2.19. The number of hydrogen-bond donors (Lipinski definition) is 0. The van der Waals surface area contributed by atoms with E-state index < -0.39 is 0 Å². The molecule has 0 saturated heterocycles. The van der Waals surface area contributed by atoms with Gasteiger partial charge >= 0.3 is 0 Å². The van der Waals surface area contributed by atoms with E-state index in [9.17, 15) is 0 Å². The van der Waals surface area contributed by atoms with Crippen molar-refractivity contribution in [3.05, 3.63) is 0 Å². The minimum Gasteiger partial charge on any atom is -0.123 e. The fourth-order valence-electron chi connectivity index (χ4n) is 2.14. The van der Waals surface area contributed by atoms with E-state index in [1.54, 1.807) is 0 Å². The van der Waals surface area contributed by atoms with E-state index in [4.69, 9.17) is 11.6 Å². The summed E-state index contributed by atoms with van der Waals surface area (Å²) in [6.45, 7) is 4.52. The number of halogens is 1. The Morgan fingerprint density at radius 1 is 1.17 bits per heavy atom. The second kappa shape index (κ2) is 5.11. The lowest BCUT2D eigenvalue weighted by atomic mass is 9.84. The molecule has 1 atom stereocenters. The highest BCUT2D eigenvalue weighted by atomic mass is 35.5. The van der Waals surface area contributed by atoms with E-state index in [0.29, 0.717) is 5.38 Å². The maximum Gasteiger partial charge on any atom is 0.0366 e. The van der Waals surface area contributed by atoms with Gasteiger partial charge in [-0.05, 0) is 31.1 Å². The van der Waals surface area contributed by atoms with Crippen LogP contribution in [0.1, 0.15) is 52.4 Å². The molecule has 1 heteroatoms. The van der Waals surface area contributed by atoms with Gasteiger partial charge in [0.1, 0.15) is 0 Å². The summed E-state index contributed by atoms with van der Waals surface area (Å²) in [5.74, 6) is 1.58. The topological polar surface area (TPSA) is 0 Å². The van der Waals surface area contributed by atoms with Gasteiger partial charge in [-0.15, -0.1) is 11.6 Å². The molecule has 0 spiro atoms. The minimum absolute atomic E-state index is 0.449. The fraction of sp³-hybridized carbons (Fsp3) is 1.00. The van der Waals surface area contributed by atoms with Gasteiger partial charge in [0.15, 0.2) is 0 Å².